The molecule has 2 aromatic carbocycles. The lowest BCUT2D eigenvalue weighted by Gasteiger charge is -2.22. The van der Waals surface area contributed by atoms with Crippen molar-refractivity contribution in [3.63, 3.8) is 0 Å². The number of nitrogens with zero attached hydrogens (tertiary/aromatic N) is 2. The Morgan fingerprint density at radius 1 is 1.22 bits per heavy atom. The highest BCUT2D eigenvalue weighted by atomic mass is 35.5. The number of hydrogen-bond donors (Lipinski definition) is 1. The molecule has 0 saturated carbocycles. The number of hydrogen-bond acceptors (Lipinski definition) is 2. The molecule has 1 heterocycles. The summed E-state index contributed by atoms with van der Waals surface area (Å²) >= 11 is 17.5. The van der Waals surface area contributed by atoms with Gasteiger partial charge in [-0.05, 0) is 42.4 Å². The van der Waals surface area contributed by atoms with Crippen molar-refractivity contribution < 1.29 is 0 Å². The average Bonchev–Trinajstić information content (AvgIpc) is 2.93. The van der Waals surface area contributed by atoms with Crippen molar-refractivity contribution >= 4 is 46.2 Å². The summed E-state index contributed by atoms with van der Waals surface area (Å²) in [7, 11) is 0. The van der Waals surface area contributed by atoms with Gasteiger partial charge in [0.15, 0.2) is 5.11 Å². The van der Waals surface area contributed by atoms with Gasteiger partial charge in [0.05, 0.1) is 11.8 Å². The van der Waals surface area contributed by atoms with Gasteiger partial charge in [0.25, 0.3) is 0 Å². The van der Waals surface area contributed by atoms with Crippen molar-refractivity contribution in [3.05, 3.63) is 69.2 Å². The Kier molecular flexibility index (Phi) is 4.57. The molecule has 0 bridgehead atoms. The summed E-state index contributed by atoms with van der Waals surface area (Å²) < 4.78 is 0. The summed E-state index contributed by atoms with van der Waals surface area (Å²) in [5.41, 5.74) is 9.97. The molecule has 0 amide bonds. The van der Waals surface area contributed by atoms with Crippen LogP contribution in [0, 0.1) is 6.92 Å². The molecule has 0 aliphatic carbocycles. The van der Waals surface area contributed by atoms with Crippen molar-refractivity contribution in [3.8, 4) is 0 Å². The van der Waals surface area contributed by atoms with E-state index in [1.54, 1.807) is 11.1 Å². The number of aryl methyl sites for hydroxylation is 1. The molecule has 2 N–H and O–H groups in total. The highest BCUT2D eigenvalue weighted by Gasteiger charge is 2.31. The zero-order valence-corrected chi connectivity index (χ0v) is 14.8. The average molecular weight is 364 g/mol. The van der Waals surface area contributed by atoms with E-state index in [0.29, 0.717) is 16.5 Å². The number of rotatable bonds is 2. The SMILES string of the molecule is Cc1ccc(C2=NN(C(N)=S)C(c3ccc(Cl)cc3Cl)C2)cc1. The third-order valence-corrected chi connectivity index (χ3v) is 4.59. The van der Waals surface area contributed by atoms with Gasteiger partial charge in [-0.3, -0.25) is 0 Å². The first-order chi connectivity index (χ1) is 11.0. The quantitative estimate of drug-likeness (QED) is 0.786. The van der Waals surface area contributed by atoms with Gasteiger partial charge in [0, 0.05) is 16.5 Å². The highest BCUT2D eigenvalue weighted by Crippen LogP contribution is 2.37. The van der Waals surface area contributed by atoms with E-state index in [2.05, 4.69) is 36.3 Å². The molecule has 0 saturated heterocycles. The molecule has 3 rings (SSSR count). The first-order valence-corrected chi connectivity index (χ1v) is 8.30. The summed E-state index contributed by atoms with van der Waals surface area (Å²) in [4.78, 5) is 0. The molecule has 1 atom stereocenters. The van der Waals surface area contributed by atoms with Gasteiger partial charge < -0.3 is 5.73 Å². The predicted octanol–water partition coefficient (Wildman–Crippen LogP) is 4.70. The molecule has 6 heteroatoms. The van der Waals surface area contributed by atoms with E-state index in [9.17, 15) is 0 Å². The van der Waals surface area contributed by atoms with Gasteiger partial charge in [-0.1, -0.05) is 59.1 Å². The molecular formula is C17H15Cl2N3S. The summed E-state index contributed by atoms with van der Waals surface area (Å²) in [6, 6.07) is 13.5. The topological polar surface area (TPSA) is 41.6 Å². The molecule has 2 aromatic rings. The second-order valence-electron chi connectivity index (χ2n) is 5.48. The lowest BCUT2D eigenvalue weighted by Crippen LogP contribution is -2.31. The monoisotopic (exact) mass is 363 g/mol. The van der Waals surface area contributed by atoms with E-state index >= 15 is 0 Å². The molecule has 1 aliphatic rings. The lowest BCUT2D eigenvalue weighted by atomic mass is 9.98. The number of thiocarbonyl (C=S) groups is 1. The molecular weight excluding hydrogens is 349 g/mol. The predicted molar refractivity (Wildman–Crippen MR) is 100 cm³/mol. The lowest BCUT2D eigenvalue weighted by molar-refractivity contribution is 0.373. The molecule has 118 valence electrons. The van der Waals surface area contributed by atoms with Crippen LogP contribution in [0.1, 0.15) is 29.2 Å². The van der Waals surface area contributed by atoms with E-state index in [4.69, 9.17) is 41.2 Å². The van der Waals surface area contributed by atoms with Gasteiger partial charge >= 0.3 is 0 Å². The van der Waals surface area contributed by atoms with Gasteiger partial charge in [0.1, 0.15) is 0 Å². The fraction of sp³-hybridized carbons (Fsp3) is 0.176. The minimum atomic E-state index is -0.117. The molecule has 0 aromatic heterocycles. The van der Waals surface area contributed by atoms with Crippen molar-refractivity contribution in [2.75, 3.05) is 0 Å². The van der Waals surface area contributed by atoms with Crippen molar-refractivity contribution in [1.29, 1.82) is 0 Å². The smallest absolute Gasteiger partial charge is 0.187 e. The Balaban J connectivity index is 1.97. The van der Waals surface area contributed by atoms with Crippen molar-refractivity contribution in [2.24, 2.45) is 10.8 Å². The standard InChI is InChI=1S/C17H15Cl2N3S/c1-10-2-4-11(5-3-10)15-9-16(22(21-15)17(20)23)13-7-6-12(18)8-14(13)19/h2-8,16H,9H2,1H3,(H2,20,23). The second kappa shape index (κ2) is 6.48. The normalized spacial score (nSPS) is 17.3. The van der Waals surface area contributed by atoms with Crippen LogP contribution in [0.3, 0.4) is 0 Å². The van der Waals surface area contributed by atoms with Crippen molar-refractivity contribution in [2.45, 2.75) is 19.4 Å². The third kappa shape index (κ3) is 3.34. The molecule has 1 aliphatic heterocycles. The second-order valence-corrected chi connectivity index (χ2v) is 6.74. The summed E-state index contributed by atoms with van der Waals surface area (Å²) in [5, 5.41) is 7.66. The number of hydrazone groups is 1. The first-order valence-electron chi connectivity index (χ1n) is 7.14. The minimum absolute atomic E-state index is 0.117. The molecule has 0 radical (unpaired) electrons. The highest BCUT2D eigenvalue weighted by molar-refractivity contribution is 7.80. The maximum Gasteiger partial charge on any atom is 0.187 e. The zero-order chi connectivity index (χ0) is 16.6. The van der Waals surface area contributed by atoms with Crippen LogP contribution >= 0.6 is 35.4 Å². The van der Waals surface area contributed by atoms with Gasteiger partial charge in [-0.25, -0.2) is 5.01 Å². The van der Waals surface area contributed by atoms with E-state index in [1.165, 1.54) is 5.56 Å². The van der Waals surface area contributed by atoms with E-state index in [0.717, 1.165) is 16.8 Å². The molecule has 1 unspecified atom stereocenters. The first kappa shape index (κ1) is 16.2. The van der Waals surface area contributed by atoms with Gasteiger partial charge in [-0.15, -0.1) is 0 Å². The van der Waals surface area contributed by atoms with Gasteiger partial charge in [0.2, 0.25) is 0 Å². The fourth-order valence-electron chi connectivity index (χ4n) is 2.65. The van der Waals surface area contributed by atoms with Crippen LogP contribution in [0.4, 0.5) is 0 Å². The Hall–Kier alpha value is -1.62. The van der Waals surface area contributed by atoms with E-state index in [-0.39, 0.29) is 11.2 Å². The Bertz CT molecular complexity index is 787. The zero-order valence-electron chi connectivity index (χ0n) is 12.5. The van der Waals surface area contributed by atoms with Crippen LogP contribution < -0.4 is 5.73 Å². The Morgan fingerprint density at radius 2 is 1.91 bits per heavy atom. The van der Waals surface area contributed by atoms with Crippen molar-refractivity contribution in [1.82, 2.24) is 5.01 Å². The van der Waals surface area contributed by atoms with E-state index in [1.807, 2.05) is 12.1 Å². The third-order valence-electron chi connectivity index (χ3n) is 3.84. The van der Waals surface area contributed by atoms with Crippen LogP contribution in [-0.4, -0.2) is 15.8 Å². The molecule has 0 fully saturated rings. The van der Waals surface area contributed by atoms with Crippen LogP contribution in [0.15, 0.2) is 47.6 Å². The minimum Gasteiger partial charge on any atom is -0.375 e. The maximum atomic E-state index is 6.35. The number of benzene rings is 2. The fourth-order valence-corrected chi connectivity index (χ4v) is 3.35. The summed E-state index contributed by atoms with van der Waals surface area (Å²) in [6.07, 6.45) is 0.682. The largest absolute Gasteiger partial charge is 0.375 e. The van der Waals surface area contributed by atoms with Crippen LogP contribution in [-0.2, 0) is 0 Å². The van der Waals surface area contributed by atoms with Gasteiger partial charge in [-0.2, -0.15) is 5.10 Å². The Labute approximate surface area is 150 Å². The molecule has 23 heavy (non-hydrogen) atoms. The Morgan fingerprint density at radius 3 is 2.52 bits per heavy atom. The number of halogens is 2. The van der Waals surface area contributed by atoms with Crippen LogP contribution in [0.2, 0.25) is 10.0 Å². The molecule has 3 nitrogen and oxygen atoms in total. The summed E-state index contributed by atoms with van der Waals surface area (Å²) in [5.74, 6) is 0. The van der Waals surface area contributed by atoms with Crippen LogP contribution in [0.25, 0.3) is 0 Å². The van der Waals surface area contributed by atoms with E-state index < -0.39 is 0 Å². The summed E-state index contributed by atoms with van der Waals surface area (Å²) in [6.45, 7) is 2.05. The molecule has 0 spiro atoms. The maximum absolute atomic E-state index is 6.35. The van der Waals surface area contributed by atoms with Crippen LogP contribution in [0.5, 0.6) is 0 Å². The number of nitrogens with two attached hydrogens (primary N) is 1.